The highest BCUT2D eigenvalue weighted by Gasteiger charge is 2.22. The molecule has 0 bridgehead atoms. The van der Waals surface area contributed by atoms with E-state index in [1.165, 1.54) is 5.57 Å². The average Bonchev–Trinajstić information content (AvgIpc) is 2.36. The summed E-state index contributed by atoms with van der Waals surface area (Å²) in [5, 5.41) is 0. The van der Waals surface area contributed by atoms with Crippen molar-refractivity contribution in [1.29, 1.82) is 0 Å². The maximum atomic E-state index is 5.49. The molecule has 2 atom stereocenters. The Kier molecular flexibility index (Phi) is 3.09. The molecule has 0 radical (unpaired) electrons. The van der Waals surface area contributed by atoms with Crippen LogP contribution in [0.3, 0.4) is 0 Å². The van der Waals surface area contributed by atoms with Crippen LogP contribution in [0.4, 0.5) is 0 Å². The van der Waals surface area contributed by atoms with Gasteiger partial charge in [0.05, 0.1) is 12.7 Å². The van der Waals surface area contributed by atoms with Gasteiger partial charge >= 0.3 is 0 Å². The topological polar surface area (TPSA) is 18.5 Å². The van der Waals surface area contributed by atoms with Gasteiger partial charge < -0.3 is 9.47 Å². The number of rotatable bonds is 2. The third-order valence-corrected chi connectivity index (χ3v) is 1.74. The van der Waals surface area contributed by atoms with E-state index in [-0.39, 0.29) is 12.4 Å². The second kappa shape index (κ2) is 3.88. The zero-order valence-corrected chi connectivity index (χ0v) is 7.46. The molecule has 1 saturated heterocycles. The maximum Gasteiger partial charge on any atom is 0.180 e. The van der Waals surface area contributed by atoms with Crippen molar-refractivity contribution >= 4 is 0 Å². The van der Waals surface area contributed by atoms with Crippen LogP contribution in [-0.4, -0.2) is 19.0 Å². The monoisotopic (exact) mass is 156 g/mol. The number of hydrogen-bond acceptors (Lipinski definition) is 2. The van der Waals surface area contributed by atoms with Crippen molar-refractivity contribution in [2.75, 3.05) is 6.61 Å². The van der Waals surface area contributed by atoms with Gasteiger partial charge in [0.2, 0.25) is 0 Å². The Morgan fingerprint density at radius 3 is 2.82 bits per heavy atom. The van der Waals surface area contributed by atoms with Crippen LogP contribution in [-0.2, 0) is 9.47 Å². The molecule has 0 unspecified atom stereocenters. The van der Waals surface area contributed by atoms with Gasteiger partial charge in [0.15, 0.2) is 6.29 Å². The van der Waals surface area contributed by atoms with Gasteiger partial charge in [0.1, 0.15) is 0 Å². The van der Waals surface area contributed by atoms with E-state index < -0.39 is 0 Å². The van der Waals surface area contributed by atoms with Crippen LogP contribution < -0.4 is 0 Å². The summed E-state index contributed by atoms with van der Waals surface area (Å²) in [5.74, 6) is 0. The Balaban J connectivity index is 2.43. The van der Waals surface area contributed by atoms with Gasteiger partial charge in [0.25, 0.3) is 0 Å². The van der Waals surface area contributed by atoms with Crippen LogP contribution in [0.2, 0.25) is 0 Å². The van der Waals surface area contributed by atoms with Crippen molar-refractivity contribution < 1.29 is 9.47 Å². The second-order valence-corrected chi connectivity index (χ2v) is 2.97. The molecule has 0 aromatic heterocycles. The molecule has 64 valence electrons. The first-order valence-corrected chi connectivity index (χ1v) is 4.17. The van der Waals surface area contributed by atoms with Gasteiger partial charge in [-0.2, -0.15) is 0 Å². The fourth-order valence-corrected chi connectivity index (χ4v) is 1.17. The fourth-order valence-electron chi connectivity index (χ4n) is 1.17. The van der Waals surface area contributed by atoms with E-state index in [1.807, 2.05) is 13.8 Å². The largest absolute Gasteiger partial charge is 0.346 e. The number of allylic oxidation sites excluding steroid dienone is 1. The van der Waals surface area contributed by atoms with Gasteiger partial charge in [-0.1, -0.05) is 13.0 Å². The lowest BCUT2D eigenvalue weighted by Crippen LogP contribution is -2.10. The van der Waals surface area contributed by atoms with Crippen LogP contribution in [0.1, 0.15) is 27.2 Å². The van der Waals surface area contributed by atoms with Gasteiger partial charge in [-0.15, -0.1) is 0 Å². The molecule has 0 saturated carbocycles. The summed E-state index contributed by atoms with van der Waals surface area (Å²) < 4.78 is 10.9. The molecule has 1 rings (SSSR count). The zero-order valence-electron chi connectivity index (χ0n) is 7.46. The molecule has 0 aliphatic carbocycles. The van der Waals surface area contributed by atoms with Crippen molar-refractivity contribution in [2.24, 2.45) is 0 Å². The van der Waals surface area contributed by atoms with Crippen LogP contribution in [0.25, 0.3) is 0 Å². The van der Waals surface area contributed by atoms with Gasteiger partial charge in [-0.25, -0.2) is 0 Å². The van der Waals surface area contributed by atoms with E-state index >= 15 is 0 Å². The predicted octanol–water partition coefficient (Wildman–Crippen LogP) is 2.10. The lowest BCUT2D eigenvalue weighted by molar-refractivity contribution is -0.0252. The van der Waals surface area contributed by atoms with Crippen molar-refractivity contribution in [1.82, 2.24) is 0 Å². The van der Waals surface area contributed by atoms with Crippen LogP contribution >= 0.6 is 0 Å². The molecule has 0 N–H and O–H groups in total. The first-order valence-electron chi connectivity index (χ1n) is 4.17. The standard InChI is InChI=1S/C9H16O2/c1-4-5-7(2)9-10-6-8(3)11-9/h5,8-9H,4,6H2,1-3H3/b7-5+/t8-,9-/m0/s1. The zero-order chi connectivity index (χ0) is 8.27. The smallest absolute Gasteiger partial charge is 0.180 e. The van der Waals surface area contributed by atoms with Gasteiger partial charge in [0, 0.05) is 0 Å². The van der Waals surface area contributed by atoms with E-state index in [0.29, 0.717) is 0 Å². The molecule has 0 amide bonds. The summed E-state index contributed by atoms with van der Waals surface area (Å²) in [6.45, 7) is 6.91. The Morgan fingerprint density at radius 1 is 1.64 bits per heavy atom. The Hall–Kier alpha value is -0.340. The Morgan fingerprint density at radius 2 is 2.36 bits per heavy atom. The summed E-state index contributed by atoms with van der Waals surface area (Å²) in [7, 11) is 0. The molecule has 1 aliphatic rings. The van der Waals surface area contributed by atoms with Crippen LogP contribution in [0.15, 0.2) is 11.6 Å². The Bertz CT molecular complexity index is 152. The molecule has 1 aliphatic heterocycles. The van der Waals surface area contributed by atoms with E-state index in [2.05, 4.69) is 13.0 Å². The van der Waals surface area contributed by atoms with Crippen molar-refractivity contribution in [3.05, 3.63) is 11.6 Å². The summed E-state index contributed by atoms with van der Waals surface area (Å²) in [4.78, 5) is 0. The second-order valence-electron chi connectivity index (χ2n) is 2.97. The third-order valence-electron chi connectivity index (χ3n) is 1.74. The minimum Gasteiger partial charge on any atom is -0.346 e. The highest BCUT2D eigenvalue weighted by Crippen LogP contribution is 2.17. The highest BCUT2D eigenvalue weighted by molar-refractivity contribution is 5.02. The van der Waals surface area contributed by atoms with Crippen LogP contribution in [0.5, 0.6) is 0 Å². The van der Waals surface area contributed by atoms with E-state index in [0.717, 1.165) is 13.0 Å². The lowest BCUT2D eigenvalue weighted by atomic mass is 10.2. The molecule has 0 aromatic carbocycles. The highest BCUT2D eigenvalue weighted by atomic mass is 16.7. The van der Waals surface area contributed by atoms with Gasteiger partial charge in [-0.05, 0) is 25.8 Å². The molecule has 11 heavy (non-hydrogen) atoms. The normalized spacial score (nSPS) is 32.8. The molecule has 2 nitrogen and oxygen atoms in total. The molecule has 1 fully saturated rings. The quantitative estimate of drug-likeness (QED) is 0.570. The molecular weight excluding hydrogens is 140 g/mol. The molecule has 1 heterocycles. The fraction of sp³-hybridized carbons (Fsp3) is 0.778. The minimum absolute atomic E-state index is 0.0788. The first kappa shape index (κ1) is 8.75. The minimum atomic E-state index is -0.0788. The summed E-state index contributed by atoms with van der Waals surface area (Å²) in [6.07, 6.45) is 3.36. The number of hydrogen-bond donors (Lipinski definition) is 0. The first-order chi connectivity index (χ1) is 5.24. The van der Waals surface area contributed by atoms with Gasteiger partial charge in [-0.3, -0.25) is 0 Å². The van der Waals surface area contributed by atoms with Crippen molar-refractivity contribution in [3.8, 4) is 0 Å². The van der Waals surface area contributed by atoms with Crippen molar-refractivity contribution in [3.63, 3.8) is 0 Å². The molecule has 2 heteroatoms. The van der Waals surface area contributed by atoms with Crippen molar-refractivity contribution in [2.45, 2.75) is 39.6 Å². The summed E-state index contributed by atoms with van der Waals surface area (Å²) in [6, 6.07) is 0. The SMILES string of the molecule is CC/C=C(\C)[C@H]1OC[C@H](C)O1. The number of ether oxygens (including phenoxy) is 2. The molecular formula is C9H16O2. The summed E-state index contributed by atoms with van der Waals surface area (Å²) >= 11 is 0. The predicted molar refractivity (Wildman–Crippen MR) is 44.3 cm³/mol. The third kappa shape index (κ3) is 2.31. The molecule has 0 aromatic rings. The summed E-state index contributed by atoms with van der Waals surface area (Å²) in [5.41, 5.74) is 1.19. The maximum absolute atomic E-state index is 5.49. The van der Waals surface area contributed by atoms with Crippen LogP contribution in [0, 0.1) is 0 Å². The average molecular weight is 156 g/mol. The van der Waals surface area contributed by atoms with E-state index in [4.69, 9.17) is 9.47 Å². The molecule has 0 spiro atoms. The Labute approximate surface area is 68.2 Å². The lowest BCUT2D eigenvalue weighted by Gasteiger charge is -2.09. The van der Waals surface area contributed by atoms with E-state index in [9.17, 15) is 0 Å². The van der Waals surface area contributed by atoms with E-state index in [1.54, 1.807) is 0 Å².